The standard InChI is InChI=1S/C11H13F3N4O2/c1-6-2-3-7(9(15)18-20)4-8(6)17-10(19)16-5-11(12,13)14/h2-4,20H,5H2,1H3,(H2,15,18)(H2,16,17,19). The van der Waals surface area contributed by atoms with Gasteiger partial charge in [-0.15, -0.1) is 0 Å². The molecule has 0 saturated heterocycles. The number of carbonyl (C=O) groups is 1. The summed E-state index contributed by atoms with van der Waals surface area (Å²) in [4.78, 5) is 11.3. The molecular formula is C11H13F3N4O2. The van der Waals surface area contributed by atoms with Gasteiger partial charge in [-0.2, -0.15) is 13.2 Å². The molecule has 0 radical (unpaired) electrons. The minimum Gasteiger partial charge on any atom is -0.409 e. The van der Waals surface area contributed by atoms with Gasteiger partial charge < -0.3 is 21.6 Å². The Morgan fingerprint density at radius 2 is 2.10 bits per heavy atom. The summed E-state index contributed by atoms with van der Waals surface area (Å²) >= 11 is 0. The molecule has 1 aromatic rings. The molecule has 0 aliphatic carbocycles. The Hall–Kier alpha value is -2.45. The van der Waals surface area contributed by atoms with E-state index in [1.807, 2.05) is 0 Å². The van der Waals surface area contributed by atoms with Crippen LogP contribution in [0.3, 0.4) is 0 Å². The van der Waals surface area contributed by atoms with Crippen LogP contribution < -0.4 is 16.4 Å². The first kappa shape index (κ1) is 15.6. The fourth-order valence-corrected chi connectivity index (χ4v) is 1.32. The highest BCUT2D eigenvalue weighted by Gasteiger charge is 2.27. The first-order chi connectivity index (χ1) is 9.23. The van der Waals surface area contributed by atoms with E-state index in [9.17, 15) is 18.0 Å². The quantitative estimate of drug-likeness (QED) is 0.295. The smallest absolute Gasteiger partial charge is 0.405 e. The number of amides is 2. The van der Waals surface area contributed by atoms with Crippen LogP contribution in [0.15, 0.2) is 23.4 Å². The van der Waals surface area contributed by atoms with Gasteiger partial charge in [-0.25, -0.2) is 4.79 Å². The number of anilines is 1. The maximum absolute atomic E-state index is 11.9. The molecule has 0 saturated carbocycles. The van der Waals surface area contributed by atoms with Gasteiger partial charge in [0.2, 0.25) is 0 Å². The fourth-order valence-electron chi connectivity index (χ4n) is 1.32. The highest BCUT2D eigenvalue weighted by Crippen LogP contribution is 2.17. The van der Waals surface area contributed by atoms with Crippen molar-refractivity contribution in [1.29, 1.82) is 0 Å². The Morgan fingerprint density at radius 1 is 1.45 bits per heavy atom. The van der Waals surface area contributed by atoms with Gasteiger partial charge in [-0.3, -0.25) is 0 Å². The molecule has 9 heteroatoms. The molecule has 0 bridgehead atoms. The number of halogens is 3. The van der Waals surface area contributed by atoms with E-state index < -0.39 is 18.8 Å². The summed E-state index contributed by atoms with van der Waals surface area (Å²) < 4.78 is 35.8. The zero-order chi connectivity index (χ0) is 15.3. The minimum absolute atomic E-state index is 0.177. The molecule has 0 atom stereocenters. The monoisotopic (exact) mass is 290 g/mol. The minimum atomic E-state index is -4.48. The third kappa shape index (κ3) is 4.67. The summed E-state index contributed by atoms with van der Waals surface area (Å²) in [6.07, 6.45) is -4.48. The lowest BCUT2D eigenvalue weighted by molar-refractivity contribution is -0.122. The van der Waals surface area contributed by atoms with Crippen molar-refractivity contribution < 1.29 is 23.2 Å². The van der Waals surface area contributed by atoms with Gasteiger partial charge in [-0.1, -0.05) is 17.3 Å². The lowest BCUT2D eigenvalue weighted by Crippen LogP contribution is -2.36. The molecule has 5 N–H and O–H groups in total. The van der Waals surface area contributed by atoms with Crippen molar-refractivity contribution in [2.75, 3.05) is 11.9 Å². The summed E-state index contributed by atoms with van der Waals surface area (Å²) in [5, 5.41) is 15.3. The van der Waals surface area contributed by atoms with Gasteiger partial charge in [0.15, 0.2) is 5.84 Å². The van der Waals surface area contributed by atoms with Gasteiger partial charge in [0.1, 0.15) is 6.54 Å². The first-order valence-electron chi connectivity index (χ1n) is 5.43. The average Bonchev–Trinajstić information content (AvgIpc) is 2.37. The molecule has 2 amide bonds. The number of nitrogens with two attached hydrogens (primary N) is 1. The number of aryl methyl sites for hydroxylation is 1. The number of nitrogens with zero attached hydrogens (tertiary/aromatic N) is 1. The third-order valence-electron chi connectivity index (χ3n) is 2.34. The summed E-state index contributed by atoms with van der Waals surface area (Å²) in [5.41, 5.74) is 6.58. The van der Waals surface area contributed by atoms with Crippen molar-refractivity contribution in [1.82, 2.24) is 5.32 Å². The highest BCUT2D eigenvalue weighted by atomic mass is 19.4. The maximum Gasteiger partial charge on any atom is 0.405 e. The summed E-state index contributed by atoms with van der Waals surface area (Å²) in [6, 6.07) is 3.51. The van der Waals surface area contributed by atoms with Crippen molar-refractivity contribution >= 4 is 17.6 Å². The lowest BCUT2D eigenvalue weighted by atomic mass is 10.1. The zero-order valence-corrected chi connectivity index (χ0v) is 10.5. The summed E-state index contributed by atoms with van der Waals surface area (Å²) in [7, 11) is 0. The molecule has 0 aliphatic heterocycles. The Kier molecular flexibility index (Phi) is 4.78. The lowest BCUT2D eigenvalue weighted by Gasteiger charge is -2.12. The summed E-state index contributed by atoms with van der Waals surface area (Å²) in [5.74, 6) is -0.177. The van der Waals surface area contributed by atoms with Gasteiger partial charge in [0.05, 0.1) is 0 Å². The predicted molar refractivity (Wildman–Crippen MR) is 66.8 cm³/mol. The number of urea groups is 1. The fraction of sp³-hybridized carbons (Fsp3) is 0.273. The second-order valence-electron chi connectivity index (χ2n) is 3.94. The number of benzene rings is 1. The predicted octanol–water partition coefficient (Wildman–Crippen LogP) is 1.77. The van der Waals surface area contributed by atoms with E-state index >= 15 is 0 Å². The van der Waals surface area contributed by atoms with Crippen molar-refractivity contribution in [3.63, 3.8) is 0 Å². The number of carbonyl (C=O) groups excluding carboxylic acids is 1. The van der Waals surface area contributed by atoms with Gasteiger partial charge in [-0.05, 0) is 18.6 Å². The molecule has 1 rings (SSSR count). The number of hydrogen-bond donors (Lipinski definition) is 4. The second kappa shape index (κ2) is 6.13. The van der Waals surface area contributed by atoms with Crippen molar-refractivity contribution in [2.24, 2.45) is 10.9 Å². The first-order valence-corrected chi connectivity index (χ1v) is 5.43. The van der Waals surface area contributed by atoms with Crippen molar-refractivity contribution in [2.45, 2.75) is 13.1 Å². The molecular weight excluding hydrogens is 277 g/mol. The zero-order valence-electron chi connectivity index (χ0n) is 10.5. The second-order valence-corrected chi connectivity index (χ2v) is 3.94. The Labute approximate surface area is 112 Å². The Balaban J connectivity index is 2.79. The van der Waals surface area contributed by atoms with E-state index in [4.69, 9.17) is 10.9 Å². The van der Waals surface area contributed by atoms with Crippen LogP contribution in [0.4, 0.5) is 23.7 Å². The van der Waals surface area contributed by atoms with Crippen LogP contribution in [0, 0.1) is 6.92 Å². The molecule has 0 spiro atoms. The highest BCUT2D eigenvalue weighted by molar-refractivity contribution is 5.99. The third-order valence-corrected chi connectivity index (χ3v) is 2.34. The van der Waals surface area contributed by atoms with Crippen LogP contribution >= 0.6 is 0 Å². The van der Waals surface area contributed by atoms with E-state index in [0.29, 0.717) is 11.1 Å². The molecule has 0 unspecified atom stereocenters. The number of hydrogen-bond acceptors (Lipinski definition) is 3. The maximum atomic E-state index is 11.9. The largest absolute Gasteiger partial charge is 0.409 e. The SMILES string of the molecule is Cc1ccc(/C(N)=N/O)cc1NC(=O)NCC(F)(F)F. The normalized spacial score (nSPS) is 12.1. The summed E-state index contributed by atoms with van der Waals surface area (Å²) in [6.45, 7) is 0.216. The Bertz CT molecular complexity index is 529. The number of rotatable bonds is 3. The number of amidine groups is 1. The molecule has 110 valence electrons. The van der Waals surface area contributed by atoms with Gasteiger partial charge >= 0.3 is 12.2 Å². The van der Waals surface area contributed by atoms with Crippen LogP contribution in [0.1, 0.15) is 11.1 Å². The van der Waals surface area contributed by atoms with Crippen LogP contribution in [0.5, 0.6) is 0 Å². The molecule has 0 aliphatic rings. The van der Waals surface area contributed by atoms with Crippen molar-refractivity contribution in [3.05, 3.63) is 29.3 Å². The van der Waals surface area contributed by atoms with Gasteiger partial charge in [0, 0.05) is 11.3 Å². The van der Waals surface area contributed by atoms with E-state index in [-0.39, 0.29) is 11.5 Å². The van der Waals surface area contributed by atoms with E-state index in [2.05, 4.69) is 10.5 Å². The molecule has 1 aromatic carbocycles. The van der Waals surface area contributed by atoms with E-state index in [1.165, 1.54) is 6.07 Å². The molecule has 0 aromatic heterocycles. The van der Waals surface area contributed by atoms with E-state index in [1.54, 1.807) is 24.4 Å². The van der Waals surface area contributed by atoms with Crippen LogP contribution in [0.25, 0.3) is 0 Å². The van der Waals surface area contributed by atoms with Crippen molar-refractivity contribution in [3.8, 4) is 0 Å². The van der Waals surface area contributed by atoms with Crippen LogP contribution in [-0.2, 0) is 0 Å². The number of nitrogens with one attached hydrogen (secondary N) is 2. The molecule has 20 heavy (non-hydrogen) atoms. The average molecular weight is 290 g/mol. The number of alkyl halides is 3. The molecule has 0 fully saturated rings. The topological polar surface area (TPSA) is 99.7 Å². The van der Waals surface area contributed by atoms with E-state index in [0.717, 1.165) is 0 Å². The molecule has 0 heterocycles. The Morgan fingerprint density at radius 3 is 2.65 bits per heavy atom. The number of oxime groups is 1. The molecule has 6 nitrogen and oxygen atoms in total. The van der Waals surface area contributed by atoms with Crippen LogP contribution in [0.2, 0.25) is 0 Å². The van der Waals surface area contributed by atoms with Crippen LogP contribution in [-0.4, -0.2) is 29.8 Å². The van der Waals surface area contributed by atoms with Gasteiger partial charge in [0.25, 0.3) is 0 Å².